The fourth-order valence-electron chi connectivity index (χ4n) is 2.86. The maximum absolute atomic E-state index is 10.6. The molecular formula is C17H22N4O2. The number of aliphatic hydroxyl groups is 1. The van der Waals surface area contributed by atoms with Crippen LogP contribution < -0.4 is 5.73 Å². The van der Waals surface area contributed by atoms with Crippen LogP contribution in [0.2, 0.25) is 0 Å². The van der Waals surface area contributed by atoms with E-state index >= 15 is 0 Å². The van der Waals surface area contributed by atoms with Crippen molar-refractivity contribution >= 4 is 27.8 Å². The van der Waals surface area contributed by atoms with Crippen LogP contribution in [-0.2, 0) is 4.74 Å². The van der Waals surface area contributed by atoms with Gasteiger partial charge in [-0.1, -0.05) is 18.2 Å². The van der Waals surface area contributed by atoms with Gasteiger partial charge in [0.2, 0.25) is 0 Å². The molecule has 6 heteroatoms. The first kappa shape index (κ1) is 15.7. The third-order valence-electron chi connectivity index (χ3n) is 4.07. The van der Waals surface area contributed by atoms with Gasteiger partial charge in [-0.25, -0.2) is 9.97 Å². The van der Waals surface area contributed by atoms with E-state index in [0.717, 1.165) is 16.4 Å². The smallest absolute Gasteiger partial charge is 0.152 e. The first-order valence-corrected chi connectivity index (χ1v) is 7.74. The number of benzene rings is 1. The summed E-state index contributed by atoms with van der Waals surface area (Å²) in [6, 6.07) is 7.51. The number of para-hydroxylation sites is 1. The van der Waals surface area contributed by atoms with Crippen molar-refractivity contribution in [2.45, 2.75) is 32.4 Å². The lowest BCUT2D eigenvalue weighted by Gasteiger charge is -2.31. The van der Waals surface area contributed by atoms with Crippen LogP contribution in [0.3, 0.4) is 0 Å². The highest BCUT2D eigenvalue weighted by Crippen LogP contribution is 2.32. The van der Waals surface area contributed by atoms with Crippen molar-refractivity contribution in [1.29, 1.82) is 0 Å². The molecule has 1 unspecified atom stereocenters. The van der Waals surface area contributed by atoms with Crippen molar-refractivity contribution in [2.24, 2.45) is 0 Å². The fraction of sp³-hybridized carbons (Fsp3) is 0.412. The van der Waals surface area contributed by atoms with Gasteiger partial charge in [-0.3, -0.25) is 0 Å². The van der Waals surface area contributed by atoms with Crippen molar-refractivity contribution in [3.8, 4) is 0 Å². The molecule has 0 aliphatic heterocycles. The Morgan fingerprint density at radius 3 is 2.78 bits per heavy atom. The van der Waals surface area contributed by atoms with Gasteiger partial charge >= 0.3 is 0 Å². The van der Waals surface area contributed by atoms with Gasteiger partial charge < -0.3 is 20.1 Å². The number of nitrogen functional groups attached to an aromatic ring is 1. The first-order valence-electron chi connectivity index (χ1n) is 7.74. The van der Waals surface area contributed by atoms with Crippen molar-refractivity contribution in [3.63, 3.8) is 0 Å². The monoisotopic (exact) mass is 314 g/mol. The van der Waals surface area contributed by atoms with Crippen LogP contribution in [-0.4, -0.2) is 38.5 Å². The van der Waals surface area contributed by atoms with Gasteiger partial charge in [0, 0.05) is 12.0 Å². The van der Waals surface area contributed by atoms with Crippen molar-refractivity contribution in [3.05, 3.63) is 30.6 Å². The van der Waals surface area contributed by atoms with Crippen LogP contribution in [0.15, 0.2) is 30.6 Å². The minimum Gasteiger partial charge on any atom is -0.388 e. The van der Waals surface area contributed by atoms with E-state index in [1.807, 2.05) is 35.8 Å². The summed E-state index contributed by atoms with van der Waals surface area (Å²) in [7, 11) is 0. The predicted molar refractivity (Wildman–Crippen MR) is 91.3 cm³/mol. The Morgan fingerprint density at radius 2 is 2.09 bits per heavy atom. The van der Waals surface area contributed by atoms with Gasteiger partial charge in [-0.15, -0.1) is 0 Å². The number of nitrogens with two attached hydrogens (primary N) is 1. The summed E-state index contributed by atoms with van der Waals surface area (Å²) in [5.41, 5.74) is 7.43. The number of fused-ring (bicyclic) bond motifs is 3. The van der Waals surface area contributed by atoms with E-state index in [-0.39, 0.29) is 6.04 Å². The van der Waals surface area contributed by atoms with Crippen molar-refractivity contribution in [2.75, 3.05) is 18.9 Å². The summed E-state index contributed by atoms with van der Waals surface area (Å²) < 4.78 is 7.53. The Bertz CT molecular complexity index is 836. The van der Waals surface area contributed by atoms with Gasteiger partial charge in [0.25, 0.3) is 0 Å². The molecule has 0 aliphatic carbocycles. The lowest BCUT2D eigenvalue weighted by atomic mass is 9.99. The minimum atomic E-state index is -0.970. The van der Waals surface area contributed by atoms with Crippen molar-refractivity contribution in [1.82, 2.24) is 14.5 Å². The highest BCUT2D eigenvalue weighted by molar-refractivity contribution is 6.06. The third-order valence-corrected chi connectivity index (χ3v) is 4.07. The molecule has 6 nitrogen and oxygen atoms in total. The molecule has 0 bridgehead atoms. The van der Waals surface area contributed by atoms with Crippen LogP contribution >= 0.6 is 0 Å². The molecule has 0 radical (unpaired) electrons. The summed E-state index contributed by atoms with van der Waals surface area (Å²) in [5.74, 6) is 0.392. The number of rotatable bonds is 5. The Hall–Kier alpha value is -2.18. The molecular weight excluding hydrogens is 292 g/mol. The second-order valence-corrected chi connectivity index (χ2v) is 6.19. The Balaban J connectivity index is 2.28. The highest BCUT2D eigenvalue weighted by atomic mass is 16.5. The van der Waals surface area contributed by atoms with Crippen molar-refractivity contribution < 1.29 is 9.84 Å². The van der Waals surface area contributed by atoms with Crippen LogP contribution in [0, 0.1) is 0 Å². The van der Waals surface area contributed by atoms with Gasteiger partial charge in [-0.2, -0.15) is 0 Å². The van der Waals surface area contributed by atoms with E-state index in [1.165, 1.54) is 0 Å². The minimum absolute atomic E-state index is 0.280. The Labute approximate surface area is 134 Å². The molecule has 0 spiro atoms. The number of hydrogen-bond acceptors (Lipinski definition) is 5. The number of pyridine rings is 1. The molecule has 0 saturated heterocycles. The van der Waals surface area contributed by atoms with E-state index in [1.54, 1.807) is 20.2 Å². The number of hydrogen-bond donors (Lipinski definition) is 2. The average Bonchev–Trinajstić information content (AvgIpc) is 2.92. The standard InChI is InChI=1S/C17H22N4O2/c1-4-23-9-13(17(2,3)22)21-10-19-14-15(21)11-7-5-6-8-12(11)20-16(14)18/h5-8,10,13,22H,4,9H2,1-3H3,(H2,18,20). The summed E-state index contributed by atoms with van der Waals surface area (Å²) in [4.78, 5) is 8.83. The number of ether oxygens (including phenoxy) is 1. The second kappa shape index (κ2) is 5.79. The van der Waals surface area contributed by atoms with E-state index in [2.05, 4.69) is 9.97 Å². The fourth-order valence-corrected chi connectivity index (χ4v) is 2.86. The molecule has 1 atom stereocenters. The van der Waals surface area contributed by atoms with Crippen LogP contribution in [0.5, 0.6) is 0 Å². The summed E-state index contributed by atoms with van der Waals surface area (Å²) in [6.45, 7) is 6.46. The summed E-state index contributed by atoms with van der Waals surface area (Å²) in [6.07, 6.45) is 1.71. The Morgan fingerprint density at radius 1 is 1.35 bits per heavy atom. The topological polar surface area (TPSA) is 86.2 Å². The van der Waals surface area contributed by atoms with E-state index < -0.39 is 5.60 Å². The van der Waals surface area contributed by atoms with Crippen LogP contribution in [0.4, 0.5) is 5.82 Å². The molecule has 3 N–H and O–H groups in total. The summed E-state index contributed by atoms with van der Waals surface area (Å²) >= 11 is 0. The second-order valence-electron chi connectivity index (χ2n) is 6.19. The number of imidazole rings is 1. The maximum Gasteiger partial charge on any atom is 0.152 e. The lowest BCUT2D eigenvalue weighted by molar-refractivity contribution is -0.0181. The zero-order valence-electron chi connectivity index (χ0n) is 13.7. The summed E-state index contributed by atoms with van der Waals surface area (Å²) in [5, 5.41) is 11.6. The van der Waals surface area contributed by atoms with Gasteiger partial charge in [0.15, 0.2) is 5.82 Å². The lowest BCUT2D eigenvalue weighted by Crippen LogP contribution is -2.36. The number of anilines is 1. The van der Waals surface area contributed by atoms with Gasteiger partial charge in [-0.05, 0) is 26.8 Å². The van der Waals surface area contributed by atoms with Gasteiger partial charge in [0.1, 0.15) is 5.52 Å². The molecule has 1 aromatic carbocycles. The quantitative estimate of drug-likeness (QED) is 0.755. The van der Waals surface area contributed by atoms with E-state index in [4.69, 9.17) is 10.5 Å². The van der Waals surface area contributed by atoms with Crippen LogP contribution in [0.1, 0.15) is 26.8 Å². The molecule has 122 valence electrons. The maximum atomic E-state index is 10.6. The Kier molecular flexibility index (Phi) is 3.95. The van der Waals surface area contributed by atoms with Gasteiger partial charge in [0.05, 0.1) is 35.6 Å². The first-order chi connectivity index (χ1) is 10.9. The molecule has 2 aromatic heterocycles. The molecule has 3 rings (SSSR count). The third kappa shape index (κ3) is 2.75. The average molecular weight is 314 g/mol. The normalized spacial score (nSPS) is 13.7. The number of nitrogens with zero attached hydrogens (tertiary/aromatic N) is 3. The van der Waals surface area contributed by atoms with E-state index in [9.17, 15) is 5.11 Å². The number of aromatic nitrogens is 3. The zero-order chi connectivity index (χ0) is 16.6. The molecule has 0 amide bonds. The van der Waals surface area contributed by atoms with Crippen LogP contribution in [0.25, 0.3) is 21.9 Å². The molecule has 0 fully saturated rings. The SMILES string of the molecule is CCOCC(n1cnc2c(N)nc3ccccc3c21)C(C)(C)O. The molecule has 0 aliphatic rings. The highest BCUT2D eigenvalue weighted by Gasteiger charge is 2.30. The van der Waals surface area contributed by atoms with E-state index in [0.29, 0.717) is 24.5 Å². The molecule has 3 aromatic rings. The molecule has 2 heterocycles. The largest absolute Gasteiger partial charge is 0.388 e. The predicted octanol–water partition coefficient (Wildman–Crippen LogP) is 2.52. The molecule has 23 heavy (non-hydrogen) atoms. The zero-order valence-corrected chi connectivity index (χ0v) is 13.7. The molecule has 0 saturated carbocycles.